The van der Waals surface area contributed by atoms with Crippen molar-refractivity contribution in [1.29, 1.82) is 0 Å². The summed E-state index contributed by atoms with van der Waals surface area (Å²) in [5.41, 5.74) is 2.15. The molecule has 0 bridgehead atoms. The second-order valence-corrected chi connectivity index (χ2v) is 6.62. The molecule has 2 unspecified atom stereocenters. The predicted molar refractivity (Wildman–Crippen MR) is 83.4 cm³/mol. The van der Waals surface area contributed by atoms with E-state index < -0.39 is 0 Å². The highest BCUT2D eigenvalue weighted by atomic mass is 14.4. The Morgan fingerprint density at radius 1 is 1.11 bits per heavy atom. The van der Waals surface area contributed by atoms with Crippen molar-refractivity contribution in [3.8, 4) is 0 Å². The van der Waals surface area contributed by atoms with Gasteiger partial charge in [0.25, 0.3) is 0 Å². The molecule has 0 heterocycles. The fraction of sp³-hybridized carbons (Fsp3) is 0.474. The molecular weight excluding hydrogens is 228 g/mol. The number of hydrogen-bond acceptors (Lipinski definition) is 0. The van der Waals surface area contributed by atoms with Gasteiger partial charge in [-0.2, -0.15) is 0 Å². The zero-order valence-electron chi connectivity index (χ0n) is 12.2. The minimum atomic E-state index is 0.606. The van der Waals surface area contributed by atoms with E-state index in [1.54, 1.807) is 5.56 Å². The maximum atomic E-state index is 2.47. The molecule has 0 heteroatoms. The SMILES string of the molecule is CCC1(C)CCC(Cc2cccc3ccccc23)C1. The van der Waals surface area contributed by atoms with Crippen LogP contribution in [-0.4, -0.2) is 0 Å². The van der Waals surface area contributed by atoms with Crippen molar-refractivity contribution in [3.63, 3.8) is 0 Å². The molecule has 0 nitrogen and oxygen atoms in total. The lowest BCUT2D eigenvalue weighted by Crippen LogP contribution is -2.10. The minimum Gasteiger partial charge on any atom is -0.0649 e. The van der Waals surface area contributed by atoms with Gasteiger partial charge in [-0.1, -0.05) is 62.7 Å². The number of fused-ring (bicyclic) bond motifs is 1. The monoisotopic (exact) mass is 252 g/mol. The molecule has 1 aliphatic rings. The van der Waals surface area contributed by atoms with Crippen LogP contribution in [0.1, 0.15) is 45.1 Å². The first-order valence-corrected chi connectivity index (χ1v) is 7.67. The van der Waals surface area contributed by atoms with Crippen LogP contribution in [0.5, 0.6) is 0 Å². The molecular formula is C19H24. The molecule has 0 amide bonds. The van der Waals surface area contributed by atoms with Gasteiger partial charge in [-0.3, -0.25) is 0 Å². The third-order valence-electron chi connectivity index (χ3n) is 5.18. The molecule has 2 atom stereocenters. The van der Waals surface area contributed by atoms with Crippen LogP contribution in [0.15, 0.2) is 42.5 Å². The zero-order valence-corrected chi connectivity index (χ0v) is 12.2. The van der Waals surface area contributed by atoms with Gasteiger partial charge in [0.2, 0.25) is 0 Å². The first-order chi connectivity index (χ1) is 9.20. The summed E-state index contributed by atoms with van der Waals surface area (Å²) in [4.78, 5) is 0. The number of benzene rings is 2. The van der Waals surface area contributed by atoms with E-state index >= 15 is 0 Å². The molecule has 0 radical (unpaired) electrons. The second kappa shape index (κ2) is 5.00. The van der Waals surface area contributed by atoms with E-state index in [-0.39, 0.29) is 0 Å². The summed E-state index contributed by atoms with van der Waals surface area (Å²) in [5, 5.41) is 2.84. The van der Waals surface area contributed by atoms with Crippen molar-refractivity contribution in [2.24, 2.45) is 11.3 Å². The second-order valence-electron chi connectivity index (χ2n) is 6.62. The van der Waals surface area contributed by atoms with Gasteiger partial charge < -0.3 is 0 Å². The fourth-order valence-electron chi connectivity index (χ4n) is 3.73. The van der Waals surface area contributed by atoms with Gasteiger partial charge >= 0.3 is 0 Å². The smallest absolute Gasteiger partial charge is 0.0152 e. The van der Waals surface area contributed by atoms with E-state index in [1.165, 1.54) is 42.9 Å². The Hall–Kier alpha value is -1.30. The summed E-state index contributed by atoms with van der Waals surface area (Å²) in [6.07, 6.45) is 6.83. The first kappa shape index (κ1) is 12.7. The number of hydrogen-bond donors (Lipinski definition) is 0. The van der Waals surface area contributed by atoms with Crippen molar-refractivity contribution < 1.29 is 0 Å². The summed E-state index contributed by atoms with van der Waals surface area (Å²) in [5.74, 6) is 0.885. The normalized spacial score (nSPS) is 26.9. The van der Waals surface area contributed by atoms with E-state index in [1.807, 2.05) is 0 Å². The molecule has 0 N–H and O–H groups in total. The lowest BCUT2D eigenvalue weighted by Gasteiger charge is -2.22. The van der Waals surface area contributed by atoms with Gasteiger partial charge in [0, 0.05) is 0 Å². The van der Waals surface area contributed by atoms with Crippen LogP contribution in [0, 0.1) is 11.3 Å². The lowest BCUT2D eigenvalue weighted by atomic mass is 9.84. The van der Waals surface area contributed by atoms with Crippen LogP contribution in [0.4, 0.5) is 0 Å². The molecule has 0 aliphatic heterocycles. The van der Waals surface area contributed by atoms with Gasteiger partial charge in [0.15, 0.2) is 0 Å². The van der Waals surface area contributed by atoms with E-state index in [4.69, 9.17) is 0 Å². The maximum absolute atomic E-state index is 2.47. The van der Waals surface area contributed by atoms with Gasteiger partial charge in [-0.05, 0) is 53.4 Å². The highest BCUT2D eigenvalue weighted by Gasteiger charge is 2.33. The third-order valence-corrected chi connectivity index (χ3v) is 5.18. The molecule has 100 valence electrons. The summed E-state index contributed by atoms with van der Waals surface area (Å²) in [7, 11) is 0. The molecule has 0 aromatic heterocycles. The van der Waals surface area contributed by atoms with E-state index in [2.05, 4.69) is 56.3 Å². The van der Waals surface area contributed by atoms with E-state index in [9.17, 15) is 0 Å². The molecule has 1 fully saturated rings. The molecule has 0 spiro atoms. The zero-order chi connectivity index (χ0) is 13.3. The average Bonchev–Trinajstić information content (AvgIpc) is 2.82. The summed E-state index contributed by atoms with van der Waals surface area (Å²) in [6, 6.07) is 15.6. The Bertz CT molecular complexity index is 564. The van der Waals surface area contributed by atoms with Gasteiger partial charge in [0.05, 0.1) is 0 Å². The summed E-state index contributed by atoms with van der Waals surface area (Å²) in [6.45, 7) is 4.82. The maximum Gasteiger partial charge on any atom is -0.0152 e. The predicted octanol–water partition coefficient (Wildman–Crippen LogP) is 5.60. The highest BCUT2D eigenvalue weighted by Crippen LogP contribution is 2.45. The van der Waals surface area contributed by atoms with Crippen molar-refractivity contribution in [2.75, 3.05) is 0 Å². The van der Waals surface area contributed by atoms with Crippen molar-refractivity contribution >= 4 is 10.8 Å². The molecule has 2 aromatic rings. The third kappa shape index (κ3) is 2.54. The minimum absolute atomic E-state index is 0.606. The molecule has 3 rings (SSSR count). The Balaban J connectivity index is 1.83. The first-order valence-electron chi connectivity index (χ1n) is 7.67. The number of rotatable bonds is 3. The van der Waals surface area contributed by atoms with Crippen molar-refractivity contribution in [2.45, 2.75) is 46.0 Å². The van der Waals surface area contributed by atoms with Crippen LogP contribution in [0.25, 0.3) is 10.8 Å². The van der Waals surface area contributed by atoms with Gasteiger partial charge in [0.1, 0.15) is 0 Å². The Morgan fingerprint density at radius 2 is 1.89 bits per heavy atom. The standard InChI is InChI=1S/C19H24/c1-3-19(2)12-11-15(14-19)13-17-9-6-8-16-7-4-5-10-18(16)17/h4-10,15H,3,11-14H2,1-2H3. The Labute approximate surface area is 116 Å². The summed E-state index contributed by atoms with van der Waals surface area (Å²) >= 11 is 0. The van der Waals surface area contributed by atoms with E-state index in [0.717, 1.165) is 5.92 Å². The molecule has 2 aromatic carbocycles. The molecule has 1 saturated carbocycles. The molecule has 19 heavy (non-hydrogen) atoms. The molecule has 0 saturated heterocycles. The van der Waals surface area contributed by atoms with Crippen LogP contribution in [-0.2, 0) is 6.42 Å². The van der Waals surface area contributed by atoms with Crippen molar-refractivity contribution in [1.82, 2.24) is 0 Å². The van der Waals surface area contributed by atoms with Crippen LogP contribution < -0.4 is 0 Å². The average molecular weight is 252 g/mol. The summed E-state index contributed by atoms with van der Waals surface area (Å²) < 4.78 is 0. The van der Waals surface area contributed by atoms with Gasteiger partial charge in [-0.15, -0.1) is 0 Å². The Morgan fingerprint density at radius 3 is 2.68 bits per heavy atom. The highest BCUT2D eigenvalue weighted by molar-refractivity contribution is 5.85. The van der Waals surface area contributed by atoms with Crippen LogP contribution in [0.3, 0.4) is 0 Å². The van der Waals surface area contributed by atoms with Gasteiger partial charge in [-0.25, -0.2) is 0 Å². The van der Waals surface area contributed by atoms with Crippen LogP contribution in [0.2, 0.25) is 0 Å². The van der Waals surface area contributed by atoms with E-state index in [0.29, 0.717) is 5.41 Å². The quantitative estimate of drug-likeness (QED) is 0.667. The lowest BCUT2D eigenvalue weighted by molar-refractivity contribution is 0.307. The Kier molecular flexibility index (Phi) is 3.35. The molecule has 1 aliphatic carbocycles. The topological polar surface area (TPSA) is 0 Å². The van der Waals surface area contributed by atoms with Crippen LogP contribution >= 0.6 is 0 Å². The fourth-order valence-corrected chi connectivity index (χ4v) is 3.73. The van der Waals surface area contributed by atoms with Crippen molar-refractivity contribution in [3.05, 3.63) is 48.0 Å². The largest absolute Gasteiger partial charge is 0.0649 e.